The van der Waals surface area contributed by atoms with E-state index in [-0.39, 0.29) is 6.04 Å². The molecular formula is C12H24N4S. The van der Waals surface area contributed by atoms with Crippen LogP contribution in [-0.4, -0.2) is 49.0 Å². The highest BCUT2D eigenvalue weighted by Gasteiger charge is 2.07. The van der Waals surface area contributed by atoms with Crippen LogP contribution >= 0.6 is 11.3 Å². The largest absolute Gasteiger partial charge is 0.322 e. The molecule has 0 aliphatic heterocycles. The summed E-state index contributed by atoms with van der Waals surface area (Å²) >= 11 is 1.66. The van der Waals surface area contributed by atoms with Gasteiger partial charge in [-0.05, 0) is 47.6 Å². The monoisotopic (exact) mass is 256 g/mol. The van der Waals surface area contributed by atoms with E-state index < -0.39 is 0 Å². The zero-order chi connectivity index (χ0) is 12.8. The van der Waals surface area contributed by atoms with Gasteiger partial charge >= 0.3 is 0 Å². The van der Waals surface area contributed by atoms with Crippen LogP contribution in [0.15, 0.2) is 5.38 Å². The molecular weight excluding hydrogens is 232 g/mol. The van der Waals surface area contributed by atoms with Gasteiger partial charge in [0.1, 0.15) is 5.01 Å². The minimum absolute atomic E-state index is 0.0489. The molecule has 0 aromatic carbocycles. The lowest BCUT2D eigenvalue weighted by atomic mass is 10.3. The number of nitrogens with zero attached hydrogens (tertiary/aromatic N) is 3. The molecule has 0 aliphatic rings. The molecule has 0 spiro atoms. The van der Waals surface area contributed by atoms with Gasteiger partial charge in [-0.1, -0.05) is 0 Å². The molecule has 2 N–H and O–H groups in total. The van der Waals surface area contributed by atoms with Crippen LogP contribution in [-0.2, 0) is 6.54 Å². The van der Waals surface area contributed by atoms with Crippen LogP contribution in [0.4, 0.5) is 0 Å². The molecule has 0 saturated carbocycles. The SMILES string of the molecule is CC(N)c1nc(CN(C)CCCN(C)C)cs1. The van der Waals surface area contributed by atoms with Gasteiger partial charge in [0, 0.05) is 11.9 Å². The lowest BCUT2D eigenvalue weighted by Gasteiger charge is -2.16. The lowest BCUT2D eigenvalue weighted by molar-refractivity contribution is 0.292. The van der Waals surface area contributed by atoms with Crippen LogP contribution in [0.25, 0.3) is 0 Å². The van der Waals surface area contributed by atoms with Crippen molar-refractivity contribution in [3.8, 4) is 0 Å². The zero-order valence-corrected chi connectivity index (χ0v) is 12.1. The number of rotatable bonds is 7. The van der Waals surface area contributed by atoms with Gasteiger partial charge in [-0.25, -0.2) is 4.98 Å². The zero-order valence-electron chi connectivity index (χ0n) is 11.3. The van der Waals surface area contributed by atoms with E-state index >= 15 is 0 Å². The summed E-state index contributed by atoms with van der Waals surface area (Å²) in [6.45, 7) is 5.12. The van der Waals surface area contributed by atoms with Crippen LogP contribution in [0, 0.1) is 0 Å². The Bertz CT molecular complexity index is 322. The Morgan fingerprint density at radius 2 is 2.06 bits per heavy atom. The van der Waals surface area contributed by atoms with Crippen LogP contribution in [0.5, 0.6) is 0 Å². The fourth-order valence-corrected chi connectivity index (χ4v) is 2.39. The minimum atomic E-state index is 0.0489. The Balaban J connectivity index is 2.32. The van der Waals surface area contributed by atoms with Crippen LogP contribution < -0.4 is 5.73 Å². The van der Waals surface area contributed by atoms with Crippen molar-refractivity contribution in [3.63, 3.8) is 0 Å². The van der Waals surface area contributed by atoms with Gasteiger partial charge in [-0.3, -0.25) is 0 Å². The first-order chi connectivity index (χ1) is 7.99. The Labute approximate surface area is 108 Å². The first-order valence-electron chi connectivity index (χ1n) is 6.02. The van der Waals surface area contributed by atoms with Crippen molar-refractivity contribution in [2.24, 2.45) is 5.73 Å². The van der Waals surface area contributed by atoms with Gasteiger partial charge in [0.25, 0.3) is 0 Å². The predicted octanol–water partition coefficient (Wildman–Crippen LogP) is 1.55. The third-order valence-electron chi connectivity index (χ3n) is 2.54. The second-order valence-electron chi connectivity index (χ2n) is 4.86. The fourth-order valence-electron chi connectivity index (χ4n) is 1.62. The smallest absolute Gasteiger partial charge is 0.109 e. The second kappa shape index (κ2) is 7.06. The first-order valence-corrected chi connectivity index (χ1v) is 6.90. The average Bonchev–Trinajstić information content (AvgIpc) is 2.65. The van der Waals surface area contributed by atoms with E-state index in [4.69, 9.17) is 5.73 Å². The summed E-state index contributed by atoms with van der Waals surface area (Å²) in [5.41, 5.74) is 6.93. The number of hydrogen-bond donors (Lipinski definition) is 1. The van der Waals surface area contributed by atoms with Crippen LogP contribution in [0.3, 0.4) is 0 Å². The normalized spacial score (nSPS) is 13.6. The molecule has 1 unspecified atom stereocenters. The molecule has 1 aromatic heterocycles. The third kappa shape index (κ3) is 5.59. The number of hydrogen-bond acceptors (Lipinski definition) is 5. The van der Waals surface area contributed by atoms with Gasteiger partial charge in [-0.15, -0.1) is 11.3 Å². The Morgan fingerprint density at radius 3 is 2.59 bits per heavy atom. The van der Waals surface area contributed by atoms with Crippen LogP contribution in [0.2, 0.25) is 0 Å². The van der Waals surface area contributed by atoms with Gasteiger partial charge in [0.15, 0.2) is 0 Å². The Kier molecular flexibility index (Phi) is 6.05. The molecule has 17 heavy (non-hydrogen) atoms. The van der Waals surface area contributed by atoms with Crippen molar-refractivity contribution in [1.29, 1.82) is 0 Å². The summed E-state index contributed by atoms with van der Waals surface area (Å²) in [5, 5.41) is 3.14. The molecule has 1 aromatic rings. The minimum Gasteiger partial charge on any atom is -0.322 e. The van der Waals surface area contributed by atoms with E-state index in [1.807, 2.05) is 6.92 Å². The van der Waals surface area contributed by atoms with E-state index in [1.165, 1.54) is 6.42 Å². The highest BCUT2D eigenvalue weighted by Crippen LogP contribution is 2.16. The molecule has 0 saturated heterocycles. The van der Waals surface area contributed by atoms with Gasteiger partial charge in [0.2, 0.25) is 0 Å². The molecule has 4 nitrogen and oxygen atoms in total. The summed E-state index contributed by atoms with van der Waals surface area (Å²) in [5.74, 6) is 0. The number of aromatic nitrogens is 1. The lowest BCUT2D eigenvalue weighted by Crippen LogP contribution is -2.23. The molecule has 1 atom stereocenters. The summed E-state index contributed by atoms with van der Waals surface area (Å²) < 4.78 is 0. The predicted molar refractivity (Wildman–Crippen MR) is 74.2 cm³/mol. The average molecular weight is 256 g/mol. The molecule has 1 heterocycles. The molecule has 5 heteroatoms. The van der Waals surface area contributed by atoms with Crippen LogP contribution in [0.1, 0.15) is 30.1 Å². The first kappa shape index (κ1) is 14.6. The van der Waals surface area contributed by atoms with Crippen molar-refractivity contribution in [2.75, 3.05) is 34.2 Å². The maximum absolute atomic E-state index is 5.80. The molecule has 0 bridgehead atoms. The summed E-state index contributed by atoms with van der Waals surface area (Å²) in [7, 11) is 6.35. The molecule has 1 rings (SSSR count). The molecule has 0 radical (unpaired) electrons. The maximum atomic E-state index is 5.80. The van der Waals surface area contributed by atoms with E-state index in [2.05, 4.69) is 41.3 Å². The van der Waals surface area contributed by atoms with Crippen molar-refractivity contribution in [2.45, 2.75) is 25.9 Å². The molecule has 0 fully saturated rings. The van der Waals surface area contributed by atoms with Crippen molar-refractivity contribution < 1.29 is 0 Å². The summed E-state index contributed by atoms with van der Waals surface area (Å²) in [4.78, 5) is 9.06. The van der Waals surface area contributed by atoms with Gasteiger partial charge in [0.05, 0.1) is 11.7 Å². The standard InChI is InChI=1S/C12H24N4S/c1-10(13)12-14-11(9-17-12)8-16(4)7-5-6-15(2)3/h9-10H,5-8,13H2,1-4H3. The molecule has 98 valence electrons. The van der Waals surface area contributed by atoms with Crippen molar-refractivity contribution in [3.05, 3.63) is 16.1 Å². The highest BCUT2D eigenvalue weighted by atomic mass is 32.1. The van der Waals surface area contributed by atoms with E-state index in [0.717, 1.165) is 30.3 Å². The van der Waals surface area contributed by atoms with Gasteiger partial charge < -0.3 is 15.5 Å². The highest BCUT2D eigenvalue weighted by molar-refractivity contribution is 7.09. The third-order valence-corrected chi connectivity index (χ3v) is 3.63. The summed E-state index contributed by atoms with van der Waals surface area (Å²) in [6, 6.07) is 0.0489. The topological polar surface area (TPSA) is 45.4 Å². The Hall–Kier alpha value is -0.490. The maximum Gasteiger partial charge on any atom is 0.109 e. The Morgan fingerprint density at radius 1 is 1.35 bits per heavy atom. The van der Waals surface area contributed by atoms with Gasteiger partial charge in [-0.2, -0.15) is 0 Å². The van der Waals surface area contributed by atoms with E-state index in [0.29, 0.717) is 0 Å². The van der Waals surface area contributed by atoms with E-state index in [9.17, 15) is 0 Å². The van der Waals surface area contributed by atoms with E-state index in [1.54, 1.807) is 11.3 Å². The fraction of sp³-hybridized carbons (Fsp3) is 0.750. The quantitative estimate of drug-likeness (QED) is 0.804. The number of thiazole rings is 1. The summed E-state index contributed by atoms with van der Waals surface area (Å²) in [6.07, 6.45) is 1.19. The second-order valence-corrected chi connectivity index (χ2v) is 5.75. The van der Waals surface area contributed by atoms with Crippen molar-refractivity contribution >= 4 is 11.3 Å². The molecule has 0 aliphatic carbocycles. The van der Waals surface area contributed by atoms with Crippen molar-refractivity contribution in [1.82, 2.24) is 14.8 Å². The number of nitrogens with two attached hydrogens (primary N) is 1. The molecule has 0 amide bonds.